The van der Waals surface area contributed by atoms with Crippen molar-refractivity contribution in [1.82, 2.24) is 0 Å². The second-order valence-corrected chi connectivity index (χ2v) is 14.9. The highest BCUT2D eigenvalue weighted by atomic mass is 16.7. The van der Waals surface area contributed by atoms with E-state index >= 15 is 0 Å². The van der Waals surface area contributed by atoms with E-state index in [-0.39, 0.29) is 49.4 Å². The number of fused-ring (bicyclic) bond motifs is 5. The first kappa shape index (κ1) is 34.4. The number of aliphatic hydroxyl groups excluding tert-OH is 5. The van der Waals surface area contributed by atoms with Crippen LogP contribution in [0.1, 0.15) is 66.2 Å². The minimum atomic E-state index is -1.36. The van der Waals surface area contributed by atoms with Crippen LogP contribution in [0.25, 0.3) is 0 Å². The lowest BCUT2D eigenvalue weighted by Gasteiger charge is -2.63. The van der Waals surface area contributed by atoms with Gasteiger partial charge in [0.15, 0.2) is 6.29 Å². The van der Waals surface area contributed by atoms with Crippen LogP contribution in [0.2, 0.25) is 0 Å². The quantitative estimate of drug-likeness (QED) is 0.210. The van der Waals surface area contributed by atoms with Crippen molar-refractivity contribution in [3.8, 4) is 0 Å². The van der Waals surface area contributed by atoms with Gasteiger partial charge in [0.2, 0.25) is 0 Å². The summed E-state index contributed by atoms with van der Waals surface area (Å²) in [5, 5.41) is 67.0. The first-order chi connectivity index (χ1) is 20.8. The van der Waals surface area contributed by atoms with Gasteiger partial charge in [-0.25, -0.2) is 0 Å². The minimum absolute atomic E-state index is 0.0418. The molecular formula is C34H56O10. The van der Waals surface area contributed by atoms with Crippen molar-refractivity contribution in [3.63, 3.8) is 0 Å². The minimum Gasteiger partial charge on any atom is -0.396 e. The molecule has 10 heteroatoms. The Labute approximate surface area is 262 Å². The van der Waals surface area contributed by atoms with Gasteiger partial charge in [0.05, 0.1) is 36.6 Å². The molecular weight excluding hydrogens is 568 g/mol. The first-order valence-corrected chi connectivity index (χ1v) is 16.6. The van der Waals surface area contributed by atoms with Crippen molar-refractivity contribution in [2.75, 3.05) is 27.4 Å². The molecule has 4 aliphatic carbocycles. The normalized spacial score (nSPS) is 50.5. The zero-order chi connectivity index (χ0) is 32.2. The molecule has 5 aliphatic rings. The van der Waals surface area contributed by atoms with Crippen LogP contribution >= 0.6 is 0 Å². The number of methoxy groups -OCH3 is 2. The highest BCUT2D eigenvalue weighted by Crippen LogP contribution is 2.69. The molecule has 252 valence electrons. The summed E-state index contributed by atoms with van der Waals surface area (Å²) in [5.41, 5.74) is -1.55. The fourth-order valence-electron chi connectivity index (χ4n) is 10.4. The number of aliphatic hydroxyl groups is 6. The molecule has 4 fully saturated rings. The lowest BCUT2D eigenvalue weighted by atomic mass is 9.43. The molecule has 10 nitrogen and oxygen atoms in total. The summed E-state index contributed by atoms with van der Waals surface area (Å²) in [5.74, 6) is -0.887. The summed E-state index contributed by atoms with van der Waals surface area (Å²) in [4.78, 5) is 0. The van der Waals surface area contributed by atoms with Crippen LogP contribution in [0.3, 0.4) is 0 Å². The third-order valence-electron chi connectivity index (χ3n) is 12.4. The van der Waals surface area contributed by atoms with Gasteiger partial charge < -0.3 is 49.6 Å². The Morgan fingerprint density at radius 1 is 1.00 bits per heavy atom. The van der Waals surface area contributed by atoms with E-state index in [1.54, 1.807) is 0 Å². The van der Waals surface area contributed by atoms with Crippen LogP contribution in [0.4, 0.5) is 0 Å². The summed E-state index contributed by atoms with van der Waals surface area (Å²) in [6.45, 7) is 8.50. The van der Waals surface area contributed by atoms with E-state index in [0.717, 1.165) is 12.0 Å². The van der Waals surface area contributed by atoms with E-state index < -0.39 is 65.3 Å². The molecule has 1 heterocycles. The SMILES string of the molecule is CO[C@@H]1[C@@H](OC)[C@H](O[C@@H]2C=C3[C@H](O)C[C@@]4(O)[C@@H]5[C@@H](O)[C@H](O)[C@H]([C@H](C)/C=C/[C@H](C)CCO)[C@@]5(C)CC[C@@H]4[C@@]3(C)CC2)OC[C@H]1O. The predicted molar refractivity (Wildman–Crippen MR) is 162 cm³/mol. The van der Waals surface area contributed by atoms with E-state index in [4.69, 9.17) is 18.9 Å². The Balaban J connectivity index is 1.39. The molecule has 5 rings (SSSR count). The highest BCUT2D eigenvalue weighted by Gasteiger charge is 2.72. The molecule has 1 saturated heterocycles. The smallest absolute Gasteiger partial charge is 0.187 e. The Morgan fingerprint density at radius 2 is 1.70 bits per heavy atom. The summed E-state index contributed by atoms with van der Waals surface area (Å²) < 4.78 is 23.2. The van der Waals surface area contributed by atoms with Crippen LogP contribution in [0, 0.1) is 40.4 Å². The molecule has 3 saturated carbocycles. The van der Waals surface area contributed by atoms with E-state index in [1.807, 2.05) is 13.0 Å². The number of allylic oxidation sites excluding steroid dienone is 2. The van der Waals surface area contributed by atoms with E-state index in [2.05, 4.69) is 32.9 Å². The van der Waals surface area contributed by atoms with Gasteiger partial charge in [-0.3, -0.25) is 0 Å². The van der Waals surface area contributed by atoms with Crippen LogP contribution in [-0.2, 0) is 18.9 Å². The van der Waals surface area contributed by atoms with E-state index in [9.17, 15) is 30.6 Å². The van der Waals surface area contributed by atoms with Gasteiger partial charge in [0.1, 0.15) is 18.3 Å². The van der Waals surface area contributed by atoms with Crippen molar-refractivity contribution in [3.05, 3.63) is 23.8 Å². The molecule has 0 spiro atoms. The van der Waals surface area contributed by atoms with Crippen molar-refractivity contribution in [1.29, 1.82) is 0 Å². The third kappa shape index (κ3) is 5.55. The second kappa shape index (κ2) is 12.9. The average molecular weight is 625 g/mol. The summed E-state index contributed by atoms with van der Waals surface area (Å²) >= 11 is 0. The standard InChI is InChI=1S/C34H56O10/c1-18(11-14-35)7-8-19(2)25-26(38)27(39)30-33(25,4)13-10-24-32(3)12-9-20(15-21(32)22(36)16-34(24,30)40)44-31-29(42-6)28(41-5)23(37)17-43-31/h7-8,15,18-20,22-31,35-40H,9-14,16-17H2,1-6H3/b8-7+/t18-,19+,20-,22+,23+,24+,25-,26+,27-,28-,29+,30+,31-,32-,33+,34-/m0/s1. The van der Waals surface area contributed by atoms with Gasteiger partial charge in [0.25, 0.3) is 0 Å². The van der Waals surface area contributed by atoms with Crippen LogP contribution in [0.5, 0.6) is 0 Å². The van der Waals surface area contributed by atoms with Crippen molar-refractivity contribution < 1.29 is 49.6 Å². The van der Waals surface area contributed by atoms with Gasteiger partial charge >= 0.3 is 0 Å². The monoisotopic (exact) mass is 624 g/mol. The molecule has 0 unspecified atom stereocenters. The maximum Gasteiger partial charge on any atom is 0.187 e. The lowest BCUT2D eigenvalue weighted by molar-refractivity contribution is -0.289. The Hall–Kier alpha value is -0.920. The van der Waals surface area contributed by atoms with Crippen LogP contribution in [0.15, 0.2) is 23.8 Å². The molecule has 6 N–H and O–H groups in total. The third-order valence-corrected chi connectivity index (χ3v) is 12.4. The molecule has 0 amide bonds. The van der Waals surface area contributed by atoms with Gasteiger partial charge in [-0.05, 0) is 72.2 Å². The molecule has 16 atom stereocenters. The zero-order valence-corrected chi connectivity index (χ0v) is 27.2. The van der Waals surface area contributed by atoms with E-state index in [1.165, 1.54) is 14.2 Å². The van der Waals surface area contributed by atoms with Crippen molar-refractivity contribution >= 4 is 0 Å². The fourth-order valence-corrected chi connectivity index (χ4v) is 10.4. The van der Waals surface area contributed by atoms with Crippen LogP contribution in [-0.4, -0.2) is 113 Å². The van der Waals surface area contributed by atoms with Crippen molar-refractivity contribution in [2.24, 2.45) is 40.4 Å². The second-order valence-electron chi connectivity index (χ2n) is 14.9. The number of hydrogen-bond acceptors (Lipinski definition) is 10. The van der Waals surface area contributed by atoms with Gasteiger partial charge in [-0.1, -0.05) is 45.9 Å². The summed E-state index contributed by atoms with van der Waals surface area (Å²) in [6.07, 6.45) is 3.48. The number of hydrogen-bond donors (Lipinski definition) is 6. The van der Waals surface area contributed by atoms with Gasteiger partial charge in [0, 0.05) is 33.2 Å². The summed E-state index contributed by atoms with van der Waals surface area (Å²) in [6, 6.07) is 0. The molecule has 0 radical (unpaired) electrons. The molecule has 0 aromatic heterocycles. The zero-order valence-electron chi connectivity index (χ0n) is 27.2. The van der Waals surface area contributed by atoms with E-state index in [0.29, 0.717) is 25.7 Å². The highest BCUT2D eigenvalue weighted by molar-refractivity contribution is 5.33. The fraction of sp³-hybridized carbons (Fsp3) is 0.882. The maximum absolute atomic E-state index is 12.6. The molecule has 0 bridgehead atoms. The number of ether oxygens (including phenoxy) is 4. The Morgan fingerprint density at radius 3 is 2.36 bits per heavy atom. The van der Waals surface area contributed by atoms with Gasteiger partial charge in [-0.15, -0.1) is 0 Å². The Kier molecular flexibility index (Phi) is 10.1. The lowest BCUT2D eigenvalue weighted by Crippen LogP contribution is -2.66. The average Bonchev–Trinajstić information content (AvgIpc) is 3.18. The molecule has 0 aromatic rings. The van der Waals surface area contributed by atoms with Crippen LogP contribution < -0.4 is 0 Å². The summed E-state index contributed by atoms with van der Waals surface area (Å²) in [7, 11) is 3.05. The van der Waals surface area contributed by atoms with Crippen molar-refractivity contribution in [2.45, 2.75) is 121 Å². The predicted octanol–water partition coefficient (Wildman–Crippen LogP) is 1.94. The molecule has 1 aliphatic heterocycles. The Bertz CT molecular complexity index is 1070. The number of rotatable bonds is 9. The topological polar surface area (TPSA) is 158 Å². The molecule has 0 aromatic carbocycles. The van der Waals surface area contributed by atoms with Gasteiger partial charge in [-0.2, -0.15) is 0 Å². The molecule has 44 heavy (non-hydrogen) atoms. The largest absolute Gasteiger partial charge is 0.396 e. The first-order valence-electron chi connectivity index (χ1n) is 16.6. The maximum atomic E-state index is 12.6.